The standard InChI is InChI=1S/C28H25N3O3/c1-2-16-12-13-20-19(15-16)28(27(34)29-20)24-23(22-11-6-14-30(22)28)25(32)31(26(24)33)21-10-5-8-17-7-3-4-9-18(17)21/h3-5,7-10,12-13,15,22-24H,2,6,11,14H2,1H3,(H,29,34)/t22-,23+,24-,28+/m0/s1. The molecule has 3 aromatic carbocycles. The van der Waals surface area contributed by atoms with Crippen LogP contribution < -0.4 is 10.2 Å². The molecule has 1 N–H and O–H groups in total. The molecule has 4 aliphatic heterocycles. The highest BCUT2D eigenvalue weighted by molar-refractivity contribution is 6.28. The fraction of sp³-hybridized carbons (Fsp3) is 0.321. The lowest BCUT2D eigenvalue weighted by molar-refractivity contribution is -0.135. The minimum atomic E-state index is -1.13. The van der Waals surface area contributed by atoms with Gasteiger partial charge in [-0.2, -0.15) is 0 Å². The zero-order chi connectivity index (χ0) is 23.2. The largest absolute Gasteiger partial charge is 0.324 e. The molecule has 3 fully saturated rings. The third kappa shape index (κ3) is 2.22. The highest BCUT2D eigenvalue weighted by Crippen LogP contribution is 2.61. The van der Waals surface area contributed by atoms with Crippen molar-refractivity contribution < 1.29 is 14.4 Å². The van der Waals surface area contributed by atoms with Crippen molar-refractivity contribution in [2.24, 2.45) is 11.8 Å². The Morgan fingerprint density at radius 1 is 1.00 bits per heavy atom. The Morgan fingerprint density at radius 2 is 1.82 bits per heavy atom. The first-order chi connectivity index (χ1) is 16.6. The number of benzene rings is 3. The van der Waals surface area contributed by atoms with Gasteiger partial charge in [0.2, 0.25) is 17.7 Å². The molecule has 0 aliphatic carbocycles. The fourth-order valence-corrected chi connectivity index (χ4v) is 7.11. The maximum Gasteiger partial charge on any atom is 0.250 e. The smallest absolute Gasteiger partial charge is 0.250 e. The van der Waals surface area contributed by atoms with Crippen LogP contribution in [0.15, 0.2) is 60.7 Å². The predicted octanol–water partition coefficient (Wildman–Crippen LogP) is 3.83. The van der Waals surface area contributed by atoms with Crippen molar-refractivity contribution in [3.8, 4) is 0 Å². The minimum absolute atomic E-state index is 0.108. The van der Waals surface area contributed by atoms with Crippen LogP contribution in [0.3, 0.4) is 0 Å². The van der Waals surface area contributed by atoms with Gasteiger partial charge in [-0.25, -0.2) is 4.90 Å². The topological polar surface area (TPSA) is 69.7 Å². The molecule has 1 spiro atoms. The zero-order valence-corrected chi connectivity index (χ0v) is 19.0. The third-order valence-corrected chi connectivity index (χ3v) is 8.47. The second kappa shape index (κ2) is 6.76. The molecule has 3 saturated heterocycles. The summed E-state index contributed by atoms with van der Waals surface area (Å²) in [5, 5.41) is 4.91. The average molecular weight is 452 g/mol. The third-order valence-electron chi connectivity index (χ3n) is 8.47. The Labute approximate surface area is 197 Å². The lowest BCUT2D eigenvalue weighted by atomic mass is 9.75. The van der Waals surface area contributed by atoms with Crippen LogP contribution in [0, 0.1) is 11.8 Å². The van der Waals surface area contributed by atoms with Crippen LogP contribution in [0.5, 0.6) is 0 Å². The van der Waals surface area contributed by atoms with E-state index in [1.165, 1.54) is 4.90 Å². The summed E-state index contributed by atoms with van der Waals surface area (Å²) in [6, 6.07) is 19.4. The SMILES string of the molecule is CCc1ccc2c(c1)[C@]1(C(=O)N2)[C@@H]2C(=O)N(c3cccc4ccccc34)C(=O)[C@@H]2[C@@H]2CCCN21. The number of hydrogen-bond donors (Lipinski definition) is 1. The van der Waals surface area contributed by atoms with Crippen molar-refractivity contribution in [2.45, 2.75) is 37.8 Å². The summed E-state index contributed by atoms with van der Waals surface area (Å²) in [6.45, 7) is 2.80. The van der Waals surface area contributed by atoms with Crippen LogP contribution >= 0.6 is 0 Å². The molecule has 170 valence electrons. The molecule has 0 bridgehead atoms. The van der Waals surface area contributed by atoms with E-state index in [0.29, 0.717) is 5.69 Å². The van der Waals surface area contributed by atoms with Crippen LogP contribution in [-0.2, 0) is 26.3 Å². The summed E-state index contributed by atoms with van der Waals surface area (Å²) in [7, 11) is 0. The molecule has 4 aliphatic rings. The van der Waals surface area contributed by atoms with E-state index in [0.717, 1.165) is 53.4 Å². The lowest BCUT2D eigenvalue weighted by Gasteiger charge is -2.37. The quantitative estimate of drug-likeness (QED) is 0.602. The molecular weight excluding hydrogens is 426 g/mol. The van der Waals surface area contributed by atoms with E-state index in [4.69, 9.17) is 0 Å². The number of nitrogens with zero attached hydrogens (tertiary/aromatic N) is 2. The normalized spacial score (nSPS) is 29.7. The van der Waals surface area contributed by atoms with E-state index in [1.54, 1.807) is 0 Å². The van der Waals surface area contributed by atoms with Gasteiger partial charge >= 0.3 is 0 Å². The lowest BCUT2D eigenvalue weighted by Crippen LogP contribution is -2.54. The molecule has 0 radical (unpaired) electrons. The van der Waals surface area contributed by atoms with Crippen molar-refractivity contribution in [3.05, 3.63) is 71.8 Å². The molecule has 7 rings (SSSR count). The number of rotatable bonds is 2. The Morgan fingerprint density at radius 3 is 2.68 bits per heavy atom. The summed E-state index contributed by atoms with van der Waals surface area (Å²) >= 11 is 0. The number of imide groups is 1. The number of amides is 3. The van der Waals surface area contributed by atoms with Crippen molar-refractivity contribution in [3.63, 3.8) is 0 Å². The van der Waals surface area contributed by atoms with Crippen molar-refractivity contribution in [1.29, 1.82) is 0 Å². The summed E-state index contributed by atoms with van der Waals surface area (Å²) in [6.07, 6.45) is 2.58. The second-order valence-corrected chi connectivity index (χ2v) is 9.87. The van der Waals surface area contributed by atoms with Gasteiger partial charge in [0, 0.05) is 22.7 Å². The molecule has 4 heterocycles. The minimum Gasteiger partial charge on any atom is -0.324 e. The average Bonchev–Trinajstić information content (AvgIpc) is 3.57. The summed E-state index contributed by atoms with van der Waals surface area (Å²) < 4.78 is 0. The van der Waals surface area contributed by atoms with Crippen LogP contribution in [-0.4, -0.2) is 35.2 Å². The number of fused-ring (bicyclic) bond motifs is 8. The van der Waals surface area contributed by atoms with E-state index in [-0.39, 0.29) is 23.8 Å². The number of anilines is 2. The first kappa shape index (κ1) is 19.9. The number of hydrogen-bond acceptors (Lipinski definition) is 4. The first-order valence-corrected chi connectivity index (χ1v) is 12.1. The van der Waals surface area contributed by atoms with Gasteiger partial charge in [-0.15, -0.1) is 0 Å². The predicted molar refractivity (Wildman–Crippen MR) is 129 cm³/mol. The van der Waals surface area contributed by atoms with E-state index in [1.807, 2.05) is 54.6 Å². The number of nitrogens with one attached hydrogen (secondary N) is 1. The van der Waals surface area contributed by atoms with E-state index in [9.17, 15) is 14.4 Å². The Balaban J connectivity index is 1.45. The monoisotopic (exact) mass is 451 g/mol. The Kier molecular flexibility index (Phi) is 3.96. The molecule has 0 aromatic heterocycles. The molecule has 4 atom stereocenters. The van der Waals surface area contributed by atoms with Crippen LogP contribution in [0.4, 0.5) is 11.4 Å². The molecule has 0 unspecified atom stereocenters. The number of carbonyl (C=O) groups excluding carboxylic acids is 3. The number of aryl methyl sites for hydroxylation is 1. The van der Waals surface area contributed by atoms with Crippen LogP contribution in [0.2, 0.25) is 0 Å². The molecule has 6 heteroatoms. The molecule has 0 saturated carbocycles. The van der Waals surface area contributed by atoms with E-state index in [2.05, 4.69) is 23.2 Å². The summed E-state index contributed by atoms with van der Waals surface area (Å²) in [5.41, 5.74) is 2.23. The fourth-order valence-electron chi connectivity index (χ4n) is 7.11. The maximum absolute atomic E-state index is 14.2. The van der Waals surface area contributed by atoms with Gasteiger partial charge in [-0.1, -0.05) is 55.5 Å². The molecule has 3 aromatic rings. The van der Waals surface area contributed by atoms with Gasteiger partial charge in [-0.3, -0.25) is 19.3 Å². The van der Waals surface area contributed by atoms with Gasteiger partial charge < -0.3 is 5.32 Å². The summed E-state index contributed by atoms with van der Waals surface area (Å²) in [5.74, 6) is -1.84. The highest BCUT2D eigenvalue weighted by Gasteiger charge is 2.74. The van der Waals surface area contributed by atoms with Crippen LogP contribution in [0.1, 0.15) is 30.9 Å². The molecule has 6 nitrogen and oxygen atoms in total. The zero-order valence-electron chi connectivity index (χ0n) is 19.0. The number of carbonyl (C=O) groups is 3. The summed E-state index contributed by atoms with van der Waals surface area (Å²) in [4.78, 5) is 45.6. The molecule has 3 amide bonds. The van der Waals surface area contributed by atoms with Gasteiger partial charge in [0.05, 0.1) is 17.5 Å². The van der Waals surface area contributed by atoms with Crippen molar-refractivity contribution >= 4 is 39.9 Å². The van der Waals surface area contributed by atoms with Crippen molar-refractivity contribution in [2.75, 3.05) is 16.8 Å². The van der Waals surface area contributed by atoms with Crippen LogP contribution in [0.25, 0.3) is 10.8 Å². The Hall–Kier alpha value is -3.51. The maximum atomic E-state index is 14.2. The van der Waals surface area contributed by atoms with Gasteiger partial charge in [0.25, 0.3) is 0 Å². The molecular formula is C28H25N3O3. The second-order valence-electron chi connectivity index (χ2n) is 9.87. The van der Waals surface area contributed by atoms with Gasteiger partial charge in [-0.05, 0) is 48.9 Å². The Bertz CT molecular complexity index is 1410. The highest BCUT2D eigenvalue weighted by atomic mass is 16.2. The van der Waals surface area contributed by atoms with Crippen molar-refractivity contribution in [1.82, 2.24) is 4.90 Å². The van der Waals surface area contributed by atoms with E-state index < -0.39 is 17.4 Å². The van der Waals surface area contributed by atoms with E-state index >= 15 is 0 Å². The van der Waals surface area contributed by atoms with Gasteiger partial charge in [0.15, 0.2) is 0 Å². The molecule has 34 heavy (non-hydrogen) atoms. The van der Waals surface area contributed by atoms with Gasteiger partial charge in [0.1, 0.15) is 5.54 Å². The first-order valence-electron chi connectivity index (χ1n) is 12.1.